The summed E-state index contributed by atoms with van der Waals surface area (Å²) in [4.78, 5) is 0. The third kappa shape index (κ3) is 3.36. The van der Waals surface area contributed by atoms with Crippen LogP contribution in [0.3, 0.4) is 0 Å². The van der Waals surface area contributed by atoms with E-state index in [2.05, 4.69) is 49.1 Å². The van der Waals surface area contributed by atoms with E-state index in [0.29, 0.717) is 12.4 Å². The van der Waals surface area contributed by atoms with E-state index in [1.807, 2.05) is 47.1 Å². The predicted molar refractivity (Wildman–Crippen MR) is 93.0 cm³/mol. The van der Waals surface area contributed by atoms with E-state index >= 15 is 0 Å². The van der Waals surface area contributed by atoms with Crippen LogP contribution in [0.15, 0.2) is 63.5 Å². The van der Waals surface area contributed by atoms with Gasteiger partial charge in [-0.25, -0.2) is 4.68 Å². The number of nitrogen functional groups attached to an aromatic ring is 1. The van der Waals surface area contributed by atoms with Gasteiger partial charge < -0.3 is 5.73 Å². The van der Waals surface area contributed by atoms with E-state index in [9.17, 15) is 0 Å². The van der Waals surface area contributed by atoms with E-state index in [0.717, 1.165) is 25.8 Å². The van der Waals surface area contributed by atoms with Gasteiger partial charge >= 0.3 is 0 Å². The molecule has 2 aromatic carbocycles. The summed E-state index contributed by atoms with van der Waals surface area (Å²) in [5, 5.41) is 4.60. The second-order valence-electron chi connectivity index (χ2n) is 4.75. The number of hydrogen-bond donors (Lipinski definition) is 1. The largest absolute Gasteiger partial charge is 0.384 e. The molecule has 0 amide bonds. The summed E-state index contributed by atoms with van der Waals surface area (Å²) in [6.45, 7) is 0.660. The molecule has 21 heavy (non-hydrogen) atoms. The van der Waals surface area contributed by atoms with Gasteiger partial charge in [0.2, 0.25) is 0 Å². The van der Waals surface area contributed by atoms with Gasteiger partial charge in [0.05, 0.1) is 12.2 Å². The van der Waals surface area contributed by atoms with Crippen LogP contribution in [0, 0.1) is 0 Å². The lowest BCUT2D eigenvalue weighted by Gasteiger charge is -2.04. The van der Waals surface area contributed by atoms with Crippen molar-refractivity contribution in [1.82, 2.24) is 9.78 Å². The molecule has 3 nitrogen and oxygen atoms in total. The molecule has 0 radical (unpaired) electrons. The van der Waals surface area contributed by atoms with Gasteiger partial charge in [0, 0.05) is 20.6 Å². The summed E-state index contributed by atoms with van der Waals surface area (Å²) >= 11 is 6.91. The molecule has 2 N–H and O–H groups in total. The van der Waals surface area contributed by atoms with Gasteiger partial charge in [-0.15, -0.1) is 0 Å². The van der Waals surface area contributed by atoms with Crippen LogP contribution in [0.1, 0.15) is 5.56 Å². The Hall–Kier alpha value is -1.59. The number of aromatic nitrogens is 2. The number of benzene rings is 2. The normalized spacial score (nSPS) is 10.8. The van der Waals surface area contributed by atoms with Crippen LogP contribution in [-0.4, -0.2) is 9.78 Å². The van der Waals surface area contributed by atoms with Crippen molar-refractivity contribution in [2.75, 3.05) is 5.73 Å². The molecule has 0 saturated heterocycles. The summed E-state index contributed by atoms with van der Waals surface area (Å²) in [6.07, 6.45) is 0. The van der Waals surface area contributed by atoms with Crippen molar-refractivity contribution in [3.05, 3.63) is 69.1 Å². The highest BCUT2D eigenvalue weighted by molar-refractivity contribution is 9.10. The minimum absolute atomic E-state index is 0.660. The molecule has 1 aromatic heterocycles. The highest BCUT2D eigenvalue weighted by Crippen LogP contribution is 2.24. The summed E-state index contributed by atoms with van der Waals surface area (Å²) < 4.78 is 3.91. The average Bonchev–Trinajstić information content (AvgIpc) is 2.83. The van der Waals surface area contributed by atoms with Gasteiger partial charge in [-0.3, -0.25) is 0 Å². The fourth-order valence-corrected chi connectivity index (χ4v) is 2.77. The minimum Gasteiger partial charge on any atom is -0.384 e. The molecule has 0 bridgehead atoms. The maximum atomic E-state index is 6.07. The summed E-state index contributed by atoms with van der Waals surface area (Å²) in [5.74, 6) is 0.660. The lowest BCUT2D eigenvalue weighted by atomic mass is 10.2. The Balaban J connectivity index is 1.89. The number of halogens is 2. The van der Waals surface area contributed by atoms with Crippen molar-refractivity contribution in [3.63, 3.8) is 0 Å². The van der Waals surface area contributed by atoms with Crippen molar-refractivity contribution in [2.45, 2.75) is 6.54 Å². The van der Waals surface area contributed by atoms with Gasteiger partial charge in [0.15, 0.2) is 0 Å². The first kappa shape index (κ1) is 14.4. The SMILES string of the molecule is Nc1cc(-c2cccc(Br)c2)nn1Cc1ccc(Br)cc1. The summed E-state index contributed by atoms with van der Waals surface area (Å²) in [6, 6.07) is 18.1. The summed E-state index contributed by atoms with van der Waals surface area (Å²) in [7, 11) is 0. The number of nitrogens with zero attached hydrogens (tertiary/aromatic N) is 2. The molecule has 0 fully saturated rings. The van der Waals surface area contributed by atoms with Crippen LogP contribution in [-0.2, 0) is 6.54 Å². The fraction of sp³-hybridized carbons (Fsp3) is 0.0625. The summed E-state index contributed by atoms with van der Waals surface area (Å²) in [5.41, 5.74) is 9.16. The first-order valence-corrected chi connectivity index (χ1v) is 8.04. The lowest BCUT2D eigenvalue weighted by Crippen LogP contribution is -2.05. The molecule has 0 saturated carbocycles. The topological polar surface area (TPSA) is 43.8 Å². The second-order valence-corrected chi connectivity index (χ2v) is 6.58. The number of nitrogens with two attached hydrogens (primary N) is 1. The van der Waals surface area contributed by atoms with Gasteiger partial charge in [-0.1, -0.05) is 56.1 Å². The molecule has 1 heterocycles. The molecule has 0 atom stereocenters. The number of hydrogen-bond acceptors (Lipinski definition) is 2. The predicted octanol–water partition coefficient (Wildman–Crippen LogP) is 4.71. The zero-order valence-electron chi connectivity index (χ0n) is 11.1. The van der Waals surface area contributed by atoms with Crippen LogP contribution in [0.5, 0.6) is 0 Å². The Bertz CT molecular complexity index is 763. The maximum Gasteiger partial charge on any atom is 0.122 e. The molecule has 0 aliphatic rings. The van der Waals surface area contributed by atoms with Gasteiger partial charge in [0.1, 0.15) is 5.82 Å². The van der Waals surface area contributed by atoms with E-state index in [1.54, 1.807) is 0 Å². The van der Waals surface area contributed by atoms with Crippen LogP contribution in [0.2, 0.25) is 0 Å². The van der Waals surface area contributed by atoms with E-state index < -0.39 is 0 Å². The molecule has 0 spiro atoms. The van der Waals surface area contributed by atoms with Crippen molar-refractivity contribution in [2.24, 2.45) is 0 Å². The molecule has 5 heteroatoms. The van der Waals surface area contributed by atoms with Crippen LogP contribution < -0.4 is 5.73 Å². The highest BCUT2D eigenvalue weighted by Gasteiger charge is 2.08. The first-order valence-electron chi connectivity index (χ1n) is 6.45. The van der Waals surface area contributed by atoms with Crippen LogP contribution in [0.4, 0.5) is 5.82 Å². The molecule has 0 unspecified atom stereocenters. The van der Waals surface area contributed by atoms with Gasteiger partial charge in [-0.05, 0) is 29.8 Å². The Morgan fingerprint density at radius 1 is 0.952 bits per heavy atom. The van der Waals surface area contributed by atoms with Crippen molar-refractivity contribution < 1.29 is 0 Å². The quantitative estimate of drug-likeness (QED) is 0.684. The number of anilines is 1. The van der Waals surface area contributed by atoms with Crippen molar-refractivity contribution in [3.8, 4) is 11.3 Å². The zero-order valence-corrected chi connectivity index (χ0v) is 14.3. The van der Waals surface area contributed by atoms with Gasteiger partial charge in [-0.2, -0.15) is 5.10 Å². The Morgan fingerprint density at radius 3 is 2.43 bits per heavy atom. The van der Waals surface area contributed by atoms with Gasteiger partial charge in [0.25, 0.3) is 0 Å². The maximum absolute atomic E-state index is 6.07. The van der Waals surface area contributed by atoms with Crippen molar-refractivity contribution >= 4 is 37.7 Å². The molecule has 106 valence electrons. The fourth-order valence-electron chi connectivity index (χ4n) is 2.11. The average molecular weight is 407 g/mol. The highest BCUT2D eigenvalue weighted by atomic mass is 79.9. The Kier molecular flexibility index (Phi) is 4.12. The Morgan fingerprint density at radius 2 is 1.71 bits per heavy atom. The third-order valence-corrected chi connectivity index (χ3v) is 4.20. The monoisotopic (exact) mass is 405 g/mol. The van der Waals surface area contributed by atoms with E-state index in [-0.39, 0.29) is 0 Å². The smallest absolute Gasteiger partial charge is 0.122 e. The molecule has 0 aliphatic carbocycles. The third-order valence-electron chi connectivity index (χ3n) is 3.18. The van der Waals surface area contributed by atoms with E-state index in [4.69, 9.17) is 5.73 Å². The minimum atomic E-state index is 0.660. The zero-order chi connectivity index (χ0) is 14.8. The van der Waals surface area contributed by atoms with E-state index in [1.165, 1.54) is 0 Å². The number of rotatable bonds is 3. The first-order chi connectivity index (χ1) is 10.1. The molecule has 0 aliphatic heterocycles. The standard InChI is InChI=1S/C16H13Br2N3/c17-13-6-4-11(5-7-13)10-21-16(19)9-15(20-21)12-2-1-3-14(18)8-12/h1-9H,10,19H2. The second kappa shape index (κ2) is 6.03. The molecule has 3 rings (SSSR count). The molecular formula is C16H13Br2N3. The lowest BCUT2D eigenvalue weighted by molar-refractivity contribution is 0.699. The molecular weight excluding hydrogens is 394 g/mol. The van der Waals surface area contributed by atoms with Crippen LogP contribution >= 0.6 is 31.9 Å². The van der Waals surface area contributed by atoms with Crippen molar-refractivity contribution in [1.29, 1.82) is 0 Å². The Labute approximate surface area is 140 Å². The molecule has 3 aromatic rings. The van der Waals surface area contributed by atoms with Crippen LogP contribution in [0.25, 0.3) is 11.3 Å².